The molecule has 1 N–H and O–H groups in total. The second kappa shape index (κ2) is 12.3. The van der Waals surface area contributed by atoms with Gasteiger partial charge < -0.3 is 5.11 Å². The number of benzene rings is 1. The number of Topliss-reactive ketones (excluding diaryl/α,β-unsaturated/α-hetero) is 1. The second-order valence-corrected chi connectivity index (χ2v) is 12.1. The molecule has 0 amide bonds. The first-order valence-corrected chi connectivity index (χ1v) is 13.2. The van der Waals surface area contributed by atoms with Gasteiger partial charge in [-0.25, -0.2) is 0 Å². The highest BCUT2D eigenvalue weighted by molar-refractivity contribution is 7.76. The van der Waals surface area contributed by atoms with Gasteiger partial charge in [0.25, 0.3) is 0 Å². The second-order valence-electron chi connectivity index (χ2n) is 7.82. The largest absolute Gasteiger partial charge is 0.512 e. The Morgan fingerprint density at radius 2 is 1.33 bits per heavy atom. The zero-order chi connectivity index (χ0) is 20.3. The van der Waals surface area contributed by atoms with Crippen molar-refractivity contribution in [2.24, 2.45) is 0 Å². The van der Waals surface area contributed by atoms with Gasteiger partial charge in [0.2, 0.25) is 0 Å². The highest BCUT2D eigenvalue weighted by Crippen LogP contribution is 2.73. The zero-order valence-corrected chi connectivity index (χ0v) is 19.0. The van der Waals surface area contributed by atoms with Gasteiger partial charge in [-0.15, -0.1) is 0 Å². The Kier molecular flexibility index (Phi) is 10.9. The molecular weight excluding hydrogens is 351 g/mol. The Balaban J connectivity index is 3.63. The number of hydrogen-bond donors (Lipinski definition) is 1. The van der Waals surface area contributed by atoms with E-state index in [0.29, 0.717) is 5.57 Å². The Bertz CT molecular complexity index is 566. The molecule has 1 rings (SSSR count). The Labute approximate surface area is 167 Å². The van der Waals surface area contributed by atoms with Gasteiger partial charge in [0.15, 0.2) is 5.78 Å². The smallest absolute Gasteiger partial charge is 0.163 e. The quantitative estimate of drug-likeness (QED) is 0.214. The van der Waals surface area contributed by atoms with Crippen molar-refractivity contribution < 1.29 is 9.90 Å². The Morgan fingerprint density at radius 1 is 0.889 bits per heavy atom. The minimum absolute atomic E-state index is 0.0257. The molecule has 1 aromatic carbocycles. The summed E-state index contributed by atoms with van der Waals surface area (Å²) in [5, 5.41) is 10.5. The van der Waals surface area contributed by atoms with Crippen LogP contribution < -0.4 is 0 Å². The molecular formula is C24H40O2P+. The minimum Gasteiger partial charge on any atom is -0.512 e. The summed E-state index contributed by atoms with van der Waals surface area (Å²) < 4.78 is 0. The van der Waals surface area contributed by atoms with Crippen molar-refractivity contribution in [3.05, 3.63) is 47.2 Å². The van der Waals surface area contributed by atoms with Gasteiger partial charge in [-0.1, -0.05) is 70.4 Å². The molecule has 152 valence electrons. The van der Waals surface area contributed by atoms with E-state index in [0.717, 1.165) is 0 Å². The number of carbonyl (C=O) groups is 1. The minimum atomic E-state index is -1.48. The number of aliphatic hydroxyl groups is 1. The van der Waals surface area contributed by atoms with Crippen LogP contribution in [0, 0.1) is 0 Å². The van der Waals surface area contributed by atoms with Crippen molar-refractivity contribution >= 4 is 13.0 Å². The van der Waals surface area contributed by atoms with E-state index in [1.807, 2.05) is 6.07 Å². The number of hydrogen-bond acceptors (Lipinski definition) is 2. The van der Waals surface area contributed by atoms with E-state index >= 15 is 0 Å². The maximum Gasteiger partial charge on any atom is 0.163 e. The summed E-state index contributed by atoms with van der Waals surface area (Å²) in [7, 11) is -1.48. The fourth-order valence-corrected chi connectivity index (χ4v) is 10.2. The topological polar surface area (TPSA) is 37.3 Å². The average Bonchev–Trinajstić information content (AvgIpc) is 2.66. The standard InChI is InChI=1S/C24H39O2P/c1-6-9-17-27(18-10-7-2,19-11-8-3)24(22-15-13-12-14-16-22)23(20(4)25)21(5)26/h12-16,24H,6-11,17-19H2,1-5H3/p+1. The van der Waals surface area contributed by atoms with E-state index in [1.165, 1.54) is 62.6 Å². The molecule has 0 saturated carbocycles. The van der Waals surface area contributed by atoms with E-state index < -0.39 is 7.26 Å². The predicted molar refractivity (Wildman–Crippen MR) is 121 cm³/mol. The van der Waals surface area contributed by atoms with Gasteiger partial charge in [0, 0.05) is 7.26 Å². The van der Waals surface area contributed by atoms with Crippen molar-refractivity contribution in [1.82, 2.24) is 0 Å². The Morgan fingerprint density at radius 3 is 1.67 bits per heavy atom. The molecule has 2 nitrogen and oxygen atoms in total. The molecule has 0 radical (unpaired) electrons. The lowest BCUT2D eigenvalue weighted by Gasteiger charge is -2.37. The van der Waals surface area contributed by atoms with Crippen LogP contribution in [0.4, 0.5) is 0 Å². The number of ketones is 1. The van der Waals surface area contributed by atoms with Gasteiger partial charge in [0.05, 0.1) is 24.1 Å². The first-order valence-electron chi connectivity index (χ1n) is 10.7. The molecule has 3 heteroatoms. The van der Waals surface area contributed by atoms with Crippen molar-refractivity contribution in [2.75, 3.05) is 18.5 Å². The highest BCUT2D eigenvalue weighted by atomic mass is 31.2. The number of carbonyl (C=O) groups excluding carboxylic acids is 1. The van der Waals surface area contributed by atoms with Crippen LogP contribution in [0.5, 0.6) is 0 Å². The molecule has 0 aromatic heterocycles. The summed E-state index contributed by atoms with van der Waals surface area (Å²) in [6, 6.07) is 10.5. The van der Waals surface area contributed by atoms with Crippen molar-refractivity contribution in [3.63, 3.8) is 0 Å². The molecule has 1 atom stereocenters. The van der Waals surface area contributed by atoms with Crippen LogP contribution in [0.1, 0.15) is 84.4 Å². The molecule has 0 aliphatic rings. The highest BCUT2D eigenvalue weighted by Gasteiger charge is 2.48. The lowest BCUT2D eigenvalue weighted by molar-refractivity contribution is -0.113. The van der Waals surface area contributed by atoms with Crippen LogP contribution in [0.3, 0.4) is 0 Å². The van der Waals surface area contributed by atoms with E-state index in [9.17, 15) is 9.90 Å². The van der Waals surface area contributed by atoms with Crippen molar-refractivity contribution in [3.8, 4) is 0 Å². The molecule has 1 aromatic rings. The molecule has 0 saturated heterocycles. The third-order valence-corrected chi connectivity index (χ3v) is 10.8. The number of unbranched alkanes of at least 4 members (excludes halogenated alkanes) is 3. The SMILES string of the molecule is CCCC[P+](CCCC)(CCCC)C(/C(C(C)=O)=C(/C)O)c1ccccc1. The van der Waals surface area contributed by atoms with Crippen LogP contribution in [0.2, 0.25) is 0 Å². The van der Waals surface area contributed by atoms with Gasteiger partial charge in [0.1, 0.15) is 11.4 Å². The molecule has 0 heterocycles. The van der Waals surface area contributed by atoms with Crippen LogP contribution in [-0.2, 0) is 4.79 Å². The number of rotatable bonds is 13. The summed E-state index contributed by atoms with van der Waals surface area (Å²) >= 11 is 0. The molecule has 0 bridgehead atoms. The maximum atomic E-state index is 12.7. The van der Waals surface area contributed by atoms with E-state index in [1.54, 1.807) is 13.8 Å². The predicted octanol–water partition coefficient (Wildman–Crippen LogP) is 7.57. The van der Waals surface area contributed by atoms with E-state index in [-0.39, 0.29) is 17.2 Å². The summed E-state index contributed by atoms with van der Waals surface area (Å²) in [4.78, 5) is 12.7. The molecule has 0 aliphatic carbocycles. The molecule has 27 heavy (non-hydrogen) atoms. The van der Waals surface area contributed by atoms with Crippen LogP contribution >= 0.6 is 7.26 Å². The van der Waals surface area contributed by atoms with E-state index in [2.05, 4.69) is 45.0 Å². The number of allylic oxidation sites excluding steroid dienone is 2. The van der Waals surface area contributed by atoms with Gasteiger partial charge in [-0.05, 0) is 38.7 Å². The molecule has 0 fully saturated rings. The van der Waals surface area contributed by atoms with Crippen molar-refractivity contribution in [1.29, 1.82) is 0 Å². The summed E-state index contributed by atoms with van der Waals surface area (Å²) in [6.45, 7) is 10.1. The first kappa shape index (κ1) is 23.9. The molecule has 0 spiro atoms. The van der Waals surface area contributed by atoms with Crippen LogP contribution in [-0.4, -0.2) is 29.4 Å². The molecule has 0 aliphatic heterocycles. The van der Waals surface area contributed by atoms with Gasteiger partial charge in [-0.3, -0.25) is 4.79 Å². The molecule has 1 unspecified atom stereocenters. The van der Waals surface area contributed by atoms with Crippen molar-refractivity contribution in [2.45, 2.75) is 78.8 Å². The van der Waals surface area contributed by atoms with Crippen LogP contribution in [0.15, 0.2) is 41.7 Å². The van der Waals surface area contributed by atoms with Crippen LogP contribution in [0.25, 0.3) is 0 Å². The van der Waals surface area contributed by atoms with E-state index in [4.69, 9.17) is 0 Å². The number of aliphatic hydroxyl groups excluding tert-OH is 1. The average molecular weight is 392 g/mol. The first-order chi connectivity index (χ1) is 12.9. The fraction of sp³-hybridized carbons (Fsp3) is 0.625. The third-order valence-electron chi connectivity index (χ3n) is 5.58. The van der Waals surface area contributed by atoms with Gasteiger partial charge in [-0.2, -0.15) is 0 Å². The fourth-order valence-electron chi connectivity index (χ4n) is 4.18. The third kappa shape index (κ3) is 6.75. The Hall–Kier alpha value is -1.14. The lowest BCUT2D eigenvalue weighted by atomic mass is 10.0. The lowest BCUT2D eigenvalue weighted by Crippen LogP contribution is -2.22. The summed E-state index contributed by atoms with van der Waals surface area (Å²) in [5.41, 5.74) is 1.96. The zero-order valence-electron chi connectivity index (χ0n) is 18.1. The maximum absolute atomic E-state index is 12.7. The normalized spacial score (nSPS) is 14.0. The van der Waals surface area contributed by atoms with Gasteiger partial charge >= 0.3 is 0 Å². The monoisotopic (exact) mass is 391 g/mol. The summed E-state index contributed by atoms with van der Waals surface area (Å²) in [6.07, 6.45) is 10.8. The summed E-state index contributed by atoms with van der Waals surface area (Å²) in [5.74, 6) is 0.239.